The summed E-state index contributed by atoms with van der Waals surface area (Å²) in [7, 11) is 0. The fraction of sp³-hybridized carbons (Fsp3) is 0.500. The van der Waals surface area contributed by atoms with Gasteiger partial charge in [0, 0.05) is 0 Å². The van der Waals surface area contributed by atoms with E-state index >= 15 is 0 Å². The first kappa shape index (κ1) is 13.6. The van der Waals surface area contributed by atoms with Gasteiger partial charge in [0.25, 0.3) is 0 Å². The summed E-state index contributed by atoms with van der Waals surface area (Å²) < 4.78 is 4.56. The molecular weight excluding hydrogens is 192 g/mol. The quantitative estimate of drug-likeness (QED) is 0.384. The lowest BCUT2D eigenvalue weighted by molar-refractivity contribution is -0.158. The second-order valence-corrected chi connectivity index (χ2v) is 3.01. The Morgan fingerprint density at radius 2 is 1.27 bits per heavy atom. The molecule has 0 spiro atoms. The van der Waals surface area contributed by atoms with E-state index in [9.17, 15) is 9.59 Å². The zero-order chi connectivity index (χ0) is 11.5. The molecule has 0 aromatic rings. The molecule has 0 rings (SSSR count). The topological polar surface area (TPSA) is 43.4 Å². The van der Waals surface area contributed by atoms with Crippen LogP contribution in [0.15, 0.2) is 24.3 Å². The average molecular weight is 210 g/mol. The van der Waals surface area contributed by atoms with Crippen molar-refractivity contribution in [3.05, 3.63) is 24.3 Å². The van der Waals surface area contributed by atoms with E-state index < -0.39 is 11.9 Å². The van der Waals surface area contributed by atoms with Crippen molar-refractivity contribution in [3.8, 4) is 0 Å². The molecule has 0 saturated carbocycles. The Bertz CT molecular complexity index is 226. The van der Waals surface area contributed by atoms with Crippen LogP contribution < -0.4 is 0 Å². The molecule has 0 atom stereocenters. The van der Waals surface area contributed by atoms with Crippen LogP contribution in [-0.2, 0) is 14.3 Å². The first-order chi connectivity index (χ1) is 7.20. The van der Waals surface area contributed by atoms with Crippen LogP contribution in [0.5, 0.6) is 0 Å². The molecule has 3 nitrogen and oxygen atoms in total. The van der Waals surface area contributed by atoms with Crippen LogP contribution in [0.2, 0.25) is 0 Å². The number of hydrogen-bond donors (Lipinski definition) is 0. The van der Waals surface area contributed by atoms with Gasteiger partial charge in [0.2, 0.25) is 0 Å². The van der Waals surface area contributed by atoms with Gasteiger partial charge in [-0.05, 0) is 12.8 Å². The summed E-state index contributed by atoms with van der Waals surface area (Å²) in [6.07, 6.45) is 9.22. The monoisotopic (exact) mass is 210 g/mol. The number of carbonyl (C=O) groups is 2. The highest BCUT2D eigenvalue weighted by atomic mass is 16.6. The average Bonchev–Trinajstić information content (AvgIpc) is 2.18. The normalized spacial score (nSPS) is 11.1. The molecule has 0 aliphatic rings. The molecule has 84 valence electrons. The van der Waals surface area contributed by atoms with E-state index in [2.05, 4.69) is 4.74 Å². The SMILES string of the molecule is CCC=CCC(=O)OC(=O)C/C=C\CC. The number of esters is 2. The molecule has 0 aliphatic heterocycles. The van der Waals surface area contributed by atoms with Gasteiger partial charge in [-0.15, -0.1) is 0 Å². The molecule has 3 heteroatoms. The summed E-state index contributed by atoms with van der Waals surface area (Å²) in [6, 6.07) is 0. The van der Waals surface area contributed by atoms with E-state index in [-0.39, 0.29) is 12.8 Å². The van der Waals surface area contributed by atoms with E-state index in [0.29, 0.717) is 0 Å². The molecule has 0 radical (unpaired) electrons. The first-order valence-corrected chi connectivity index (χ1v) is 5.24. The van der Waals surface area contributed by atoms with Gasteiger partial charge in [-0.3, -0.25) is 9.59 Å². The minimum atomic E-state index is -0.491. The fourth-order valence-corrected chi connectivity index (χ4v) is 0.903. The van der Waals surface area contributed by atoms with Crippen molar-refractivity contribution in [2.45, 2.75) is 39.5 Å². The standard InChI is InChI=1S/C12H18O3/c1-3-5-7-9-11(13)15-12(14)10-8-6-4-2/h5-8H,3-4,9-10H2,1-2H3/b7-5-,8-6?. The minimum Gasteiger partial charge on any atom is -0.393 e. The Labute approximate surface area is 90.8 Å². The third-order valence-electron chi connectivity index (χ3n) is 1.60. The molecule has 0 saturated heterocycles. The number of allylic oxidation sites excluding steroid dienone is 2. The Kier molecular flexibility index (Phi) is 8.34. The van der Waals surface area contributed by atoms with E-state index in [0.717, 1.165) is 12.8 Å². The Morgan fingerprint density at radius 3 is 1.60 bits per heavy atom. The Hall–Kier alpha value is -1.38. The minimum absolute atomic E-state index is 0.164. The molecule has 0 amide bonds. The zero-order valence-electron chi connectivity index (χ0n) is 9.36. The summed E-state index contributed by atoms with van der Waals surface area (Å²) in [6.45, 7) is 3.95. The zero-order valence-corrected chi connectivity index (χ0v) is 9.36. The lowest BCUT2D eigenvalue weighted by Crippen LogP contribution is -2.10. The van der Waals surface area contributed by atoms with Gasteiger partial charge in [-0.25, -0.2) is 0 Å². The molecule has 0 aliphatic carbocycles. The summed E-state index contributed by atoms with van der Waals surface area (Å²) in [5.41, 5.74) is 0. The van der Waals surface area contributed by atoms with Gasteiger partial charge in [0.05, 0.1) is 12.8 Å². The predicted molar refractivity (Wildman–Crippen MR) is 59.2 cm³/mol. The van der Waals surface area contributed by atoms with Gasteiger partial charge < -0.3 is 4.74 Å². The van der Waals surface area contributed by atoms with Crippen molar-refractivity contribution in [2.24, 2.45) is 0 Å². The predicted octanol–water partition coefficient (Wildman–Crippen LogP) is 2.77. The summed E-state index contributed by atoms with van der Waals surface area (Å²) in [5.74, 6) is -0.982. The maximum Gasteiger partial charge on any atom is 0.317 e. The van der Waals surface area contributed by atoms with Crippen molar-refractivity contribution >= 4 is 11.9 Å². The van der Waals surface area contributed by atoms with E-state index in [1.807, 2.05) is 26.0 Å². The third-order valence-corrected chi connectivity index (χ3v) is 1.60. The molecule has 0 fully saturated rings. The second-order valence-electron chi connectivity index (χ2n) is 3.01. The molecule has 0 unspecified atom stereocenters. The summed E-state index contributed by atoms with van der Waals surface area (Å²) in [5, 5.41) is 0. The van der Waals surface area contributed by atoms with E-state index in [4.69, 9.17) is 0 Å². The van der Waals surface area contributed by atoms with Gasteiger partial charge in [-0.2, -0.15) is 0 Å². The van der Waals surface area contributed by atoms with Crippen LogP contribution >= 0.6 is 0 Å². The van der Waals surface area contributed by atoms with Gasteiger partial charge >= 0.3 is 11.9 Å². The van der Waals surface area contributed by atoms with Crippen molar-refractivity contribution in [1.82, 2.24) is 0 Å². The highest BCUT2D eigenvalue weighted by Crippen LogP contribution is 1.95. The summed E-state index contributed by atoms with van der Waals surface area (Å²) in [4.78, 5) is 22.1. The molecular formula is C12H18O3. The van der Waals surface area contributed by atoms with Crippen LogP contribution in [0.3, 0.4) is 0 Å². The number of carbonyl (C=O) groups excluding carboxylic acids is 2. The lowest BCUT2D eigenvalue weighted by Gasteiger charge is -1.97. The van der Waals surface area contributed by atoms with Gasteiger partial charge in [0.15, 0.2) is 0 Å². The maximum absolute atomic E-state index is 11.0. The second kappa shape index (κ2) is 9.19. The van der Waals surface area contributed by atoms with Crippen molar-refractivity contribution in [2.75, 3.05) is 0 Å². The largest absolute Gasteiger partial charge is 0.393 e. The third kappa shape index (κ3) is 8.94. The molecule has 0 N–H and O–H groups in total. The smallest absolute Gasteiger partial charge is 0.317 e. The van der Waals surface area contributed by atoms with Crippen LogP contribution in [0.1, 0.15) is 39.5 Å². The molecule has 0 heterocycles. The molecule has 0 aromatic carbocycles. The van der Waals surface area contributed by atoms with Gasteiger partial charge in [-0.1, -0.05) is 38.2 Å². The van der Waals surface area contributed by atoms with E-state index in [1.54, 1.807) is 12.2 Å². The Balaban J connectivity index is 3.71. The number of hydrogen-bond acceptors (Lipinski definition) is 3. The van der Waals surface area contributed by atoms with Crippen molar-refractivity contribution in [1.29, 1.82) is 0 Å². The fourth-order valence-electron chi connectivity index (χ4n) is 0.903. The van der Waals surface area contributed by atoms with Crippen LogP contribution in [0.25, 0.3) is 0 Å². The van der Waals surface area contributed by atoms with E-state index in [1.165, 1.54) is 0 Å². The highest BCUT2D eigenvalue weighted by Gasteiger charge is 2.06. The van der Waals surface area contributed by atoms with Crippen LogP contribution in [0, 0.1) is 0 Å². The van der Waals surface area contributed by atoms with Gasteiger partial charge in [0.1, 0.15) is 0 Å². The first-order valence-electron chi connectivity index (χ1n) is 5.24. The van der Waals surface area contributed by atoms with Crippen molar-refractivity contribution < 1.29 is 14.3 Å². The lowest BCUT2D eigenvalue weighted by atomic mass is 10.3. The van der Waals surface area contributed by atoms with Crippen molar-refractivity contribution in [3.63, 3.8) is 0 Å². The molecule has 15 heavy (non-hydrogen) atoms. The number of rotatable bonds is 6. The highest BCUT2D eigenvalue weighted by molar-refractivity contribution is 5.86. The summed E-state index contributed by atoms with van der Waals surface area (Å²) >= 11 is 0. The van der Waals surface area contributed by atoms with Crippen LogP contribution in [0.4, 0.5) is 0 Å². The molecule has 0 aromatic heterocycles. The molecule has 0 bridgehead atoms. The maximum atomic E-state index is 11.0. The number of ether oxygens (including phenoxy) is 1. The Morgan fingerprint density at radius 1 is 0.867 bits per heavy atom. The van der Waals surface area contributed by atoms with Crippen LogP contribution in [-0.4, -0.2) is 11.9 Å².